The van der Waals surface area contributed by atoms with E-state index < -0.39 is 10.0 Å². The van der Waals surface area contributed by atoms with E-state index in [1.165, 1.54) is 5.56 Å². The predicted molar refractivity (Wildman–Crippen MR) is 122 cm³/mol. The molecule has 30 heavy (non-hydrogen) atoms. The molecule has 0 heterocycles. The molecule has 0 aliphatic heterocycles. The van der Waals surface area contributed by atoms with Crippen LogP contribution in [0.4, 0.5) is 0 Å². The summed E-state index contributed by atoms with van der Waals surface area (Å²) in [5, 5.41) is 6.55. The molecule has 0 aromatic heterocycles. The van der Waals surface area contributed by atoms with Gasteiger partial charge in [0, 0.05) is 26.2 Å². The lowest BCUT2D eigenvalue weighted by Crippen LogP contribution is -2.38. The highest BCUT2D eigenvalue weighted by Crippen LogP contribution is 2.13. The molecule has 2 aromatic rings. The molecule has 8 heteroatoms. The summed E-state index contributed by atoms with van der Waals surface area (Å²) in [6, 6.07) is 15.4. The van der Waals surface area contributed by atoms with Crippen LogP contribution in [0.3, 0.4) is 0 Å². The molecule has 3 N–H and O–H groups in total. The summed E-state index contributed by atoms with van der Waals surface area (Å²) in [5.41, 5.74) is 2.89. The van der Waals surface area contributed by atoms with Gasteiger partial charge in [-0.2, -0.15) is 0 Å². The van der Waals surface area contributed by atoms with Crippen molar-refractivity contribution in [1.29, 1.82) is 0 Å². The number of hydrogen-bond acceptors (Lipinski definition) is 4. The Morgan fingerprint density at radius 3 is 2.30 bits per heavy atom. The van der Waals surface area contributed by atoms with Crippen LogP contribution in [-0.4, -0.2) is 41.1 Å². The number of benzene rings is 2. The van der Waals surface area contributed by atoms with Gasteiger partial charge in [-0.3, -0.25) is 4.99 Å². The van der Waals surface area contributed by atoms with Crippen molar-refractivity contribution in [3.05, 3.63) is 65.2 Å². The largest absolute Gasteiger partial charge is 0.497 e. The second kappa shape index (κ2) is 11.6. The number of guanidine groups is 1. The molecule has 0 radical (unpaired) electrons. The van der Waals surface area contributed by atoms with Crippen molar-refractivity contribution in [2.75, 3.05) is 20.7 Å². The summed E-state index contributed by atoms with van der Waals surface area (Å²) in [5.74, 6) is 1.46. The number of nitrogens with one attached hydrogen (secondary N) is 3. The van der Waals surface area contributed by atoms with Gasteiger partial charge in [0.15, 0.2) is 5.96 Å². The van der Waals surface area contributed by atoms with Gasteiger partial charge in [-0.25, -0.2) is 13.1 Å². The van der Waals surface area contributed by atoms with Gasteiger partial charge in [0.05, 0.1) is 12.9 Å². The van der Waals surface area contributed by atoms with E-state index >= 15 is 0 Å². The van der Waals surface area contributed by atoms with Crippen molar-refractivity contribution in [3.8, 4) is 5.75 Å². The molecule has 0 spiro atoms. The van der Waals surface area contributed by atoms with Gasteiger partial charge in [-0.15, -0.1) is 0 Å². The van der Waals surface area contributed by atoms with Crippen molar-refractivity contribution in [2.45, 2.75) is 38.6 Å². The van der Waals surface area contributed by atoms with Gasteiger partial charge in [-0.1, -0.05) is 36.4 Å². The quantitative estimate of drug-likeness (QED) is 0.396. The van der Waals surface area contributed by atoms with Crippen LogP contribution in [-0.2, 0) is 28.7 Å². The highest BCUT2D eigenvalue weighted by atomic mass is 32.2. The van der Waals surface area contributed by atoms with E-state index in [1.54, 1.807) is 14.2 Å². The first kappa shape index (κ1) is 23.7. The minimum absolute atomic E-state index is 0.0491. The number of methoxy groups -OCH3 is 1. The Morgan fingerprint density at radius 1 is 1.03 bits per heavy atom. The van der Waals surface area contributed by atoms with Crippen LogP contribution in [0.5, 0.6) is 5.75 Å². The molecule has 164 valence electrons. The number of rotatable bonds is 10. The van der Waals surface area contributed by atoms with Crippen molar-refractivity contribution in [2.24, 2.45) is 4.99 Å². The van der Waals surface area contributed by atoms with Crippen LogP contribution < -0.4 is 20.1 Å². The minimum atomic E-state index is -3.38. The second-order valence-corrected chi connectivity index (χ2v) is 9.00. The fraction of sp³-hybridized carbons (Fsp3) is 0.409. The van der Waals surface area contributed by atoms with Gasteiger partial charge < -0.3 is 15.4 Å². The van der Waals surface area contributed by atoms with Crippen molar-refractivity contribution >= 4 is 16.0 Å². The summed E-state index contributed by atoms with van der Waals surface area (Å²) in [7, 11) is -0.0157. The lowest BCUT2D eigenvalue weighted by atomic mass is 10.1. The maximum atomic E-state index is 12.3. The third-order valence-corrected chi connectivity index (χ3v) is 5.94. The highest BCUT2D eigenvalue weighted by molar-refractivity contribution is 7.88. The van der Waals surface area contributed by atoms with Crippen LogP contribution in [0.25, 0.3) is 0 Å². The lowest BCUT2D eigenvalue weighted by molar-refractivity contribution is 0.414. The summed E-state index contributed by atoms with van der Waals surface area (Å²) in [6.07, 6.45) is 0.848. The average Bonchev–Trinajstić information content (AvgIpc) is 2.70. The van der Waals surface area contributed by atoms with E-state index in [4.69, 9.17) is 4.74 Å². The second-order valence-electron chi connectivity index (χ2n) is 7.25. The topological polar surface area (TPSA) is 91.8 Å². The van der Waals surface area contributed by atoms with Gasteiger partial charge in [-0.05, 0) is 49.1 Å². The molecule has 0 unspecified atom stereocenters. The molecule has 0 amide bonds. The fourth-order valence-corrected chi connectivity index (χ4v) is 4.49. The minimum Gasteiger partial charge on any atom is -0.497 e. The summed E-state index contributed by atoms with van der Waals surface area (Å²) in [6.45, 7) is 4.83. The molecule has 7 nitrogen and oxygen atoms in total. The predicted octanol–water partition coefficient (Wildman–Crippen LogP) is 2.43. The van der Waals surface area contributed by atoms with E-state index in [1.807, 2.05) is 62.4 Å². The smallest absolute Gasteiger partial charge is 0.216 e. The van der Waals surface area contributed by atoms with Crippen LogP contribution in [0, 0.1) is 0 Å². The zero-order valence-corrected chi connectivity index (χ0v) is 18.9. The lowest BCUT2D eigenvalue weighted by Gasteiger charge is -2.15. The van der Waals surface area contributed by atoms with Gasteiger partial charge in [0.2, 0.25) is 10.0 Å². The number of sulfonamides is 1. The highest BCUT2D eigenvalue weighted by Gasteiger charge is 2.15. The number of ether oxygens (including phenoxy) is 1. The maximum Gasteiger partial charge on any atom is 0.216 e. The normalized spacial score (nSPS) is 12.1. The van der Waals surface area contributed by atoms with Crippen LogP contribution in [0.2, 0.25) is 0 Å². The standard InChI is InChI=1S/C22H32N4O3S/c1-17(2)26-30(27,28)16-20-8-6-5-7-19(20)15-25-22(23-3)24-14-13-18-9-11-21(29-4)12-10-18/h5-12,17,26H,13-16H2,1-4H3,(H2,23,24,25). The van der Waals surface area contributed by atoms with Crippen molar-refractivity contribution in [1.82, 2.24) is 15.4 Å². The van der Waals surface area contributed by atoms with Crippen LogP contribution in [0.15, 0.2) is 53.5 Å². The van der Waals surface area contributed by atoms with E-state index in [9.17, 15) is 8.42 Å². The first-order chi connectivity index (χ1) is 14.3. The third kappa shape index (κ3) is 8.04. The molecule has 0 atom stereocenters. The zero-order chi connectivity index (χ0) is 22.0. The SMILES string of the molecule is CN=C(NCCc1ccc(OC)cc1)NCc1ccccc1CS(=O)(=O)NC(C)C. The summed E-state index contributed by atoms with van der Waals surface area (Å²) in [4.78, 5) is 4.25. The maximum absolute atomic E-state index is 12.3. The number of aliphatic imine (C=N–C) groups is 1. The van der Waals surface area contributed by atoms with E-state index in [0.29, 0.717) is 12.5 Å². The molecule has 0 fully saturated rings. The Labute approximate surface area is 180 Å². The average molecular weight is 433 g/mol. The van der Waals surface area contributed by atoms with Crippen LogP contribution >= 0.6 is 0 Å². The first-order valence-electron chi connectivity index (χ1n) is 9.97. The van der Waals surface area contributed by atoms with Gasteiger partial charge >= 0.3 is 0 Å². The summed E-state index contributed by atoms with van der Waals surface area (Å²) >= 11 is 0. The molecule has 2 aromatic carbocycles. The fourth-order valence-electron chi connectivity index (χ4n) is 2.99. The zero-order valence-electron chi connectivity index (χ0n) is 18.1. The monoisotopic (exact) mass is 432 g/mol. The molecule has 0 aliphatic rings. The third-order valence-electron chi connectivity index (χ3n) is 4.41. The Hall–Kier alpha value is -2.58. The molecule has 0 saturated heterocycles. The molecular formula is C22H32N4O3S. The number of hydrogen-bond donors (Lipinski definition) is 3. The molecule has 0 bridgehead atoms. The molecule has 0 saturated carbocycles. The van der Waals surface area contributed by atoms with E-state index in [0.717, 1.165) is 29.8 Å². The Bertz CT molecular complexity index is 926. The Balaban J connectivity index is 1.90. The molecular weight excluding hydrogens is 400 g/mol. The molecule has 0 aliphatic carbocycles. The Morgan fingerprint density at radius 2 is 1.70 bits per heavy atom. The Kier molecular flexibility index (Phi) is 9.14. The molecule has 2 rings (SSSR count). The van der Waals surface area contributed by atoms with E-state index in [2.05, 4.69) is 20.3 Å². The van der Waals surface area contributed by atoms with Crippen molar-refractivity contribution in [3.63, 3.8) is 0 Å². The van der Waals surface area contributed by atoms with Gasteiger partial charge in [0.25, 0.3) is 0 Å². The van der Waals surface area contributed by atoms with Crippen molar-refractivity contribution < 1.29 is 13.2 Å². The van der Waals surface area contributed by atoms with Crippen LogP contribution in [0.1, 0.15) is 30.5 Å². The van der Waals surface area contributed by atoms with E-state index in [-0.39, 0.29) is 11.8 Å². The van der Waals surface area contributed by atoms with Gasteiger partial charge in [0.1, 0.15) is 5.75 Å². The first-order valence-corrected chi connectivity index (χ1v) is 11.6. The summed E-state index contributed by atoms with van der Waals surface area (Å²) < 4.78 is 32.4. The number of nitrogens with zero attached hydrogens (tertiary/aromatic N) is 1.